The number of rotatable bonds is 4. The van der Waals surface area contributed by atoms with Crippen molar-refractivity contribution in [2.75, 3.05) is 31.1 Å². The summed E-state index contributed by atoms with van der Waals surface area (Å²) in [5.41, 5.74) is 1.25. The third kappa shape index (κ3) is 4.87. The van der Waals surface area contributed by atoms with Crippen molar-refractivity contribution in [2.45, 2.75) is 44.4 Å². The van der Waals surface area contributed by atoms with Gasteiger partial charge in [-0.3, -0.25) is 4.90 Å². The van der Waals surface area contributed by atoms with E-state index in [-0.39, 0.29) is 11.9 Å². The van der Waals surface area contributed by atoms with Crippen LogP contribution in [0, 0.1) is 11.6 Å². The number of piperidine rings is 1. The lowest BCUT2D eigenvalue weighted by atomic mass is 9.96. The predicted molar refractivity (Wildman–Crippen MR) is 110 cm³/mol. The molecule has 7 heteroatoms. The average Bonchev–Trinajstić information content (AvgIpc) is 2.71. The van der Waals surface area contributed by atoms with Crippen LogP contribution >= 0.6 is 11.6 Å². The zero-order valence-corrected chi connectivity index (χ0v) is 17.3. The fourth-order valence-electron chi connectivity index (χ4n) is 4.44. The fourth-order valence-corrected chi connectivity index (χ4v) is 4.56. The summed E-state index contributed by atoms with van der Waals surface area (Å²) in [6, 6.07) is 9.63. The molecule has 29 heavy (non-hydrogen) atoms. The minimum atomic E-state index is -0.645. The van der Waals surface area contributed by atoms with Crippen molar-refractivity contribution in [2.24, 2.45) is 0 Å². The highest BCUT2D eigenvalue weighted by Gasteiger charge is 2.34. The van der Waals surface area contributed by atoms with Gasteiger partial charge in [-0.05, 0) is 43.9 Å². The van der Waals surface area contributed by atoms with Crippen molar-refractivity contribution in [3.63, 3.8) is 0 Å². The summed E-state index contributed by atoms with van der Waals surface area (Å²) in [7, 11) is 0. The zero-order chi connectivity index (χ0) is 20.4. The molecular weight excluding hydrogens is 396 g/mol. The van der Waals surface area contributed by atoms with Crippen LogP contribution in [-0.4, -0.2) is 54.3 Å². The summed E-state index contributed by atoms with van der Waals surface area (Å²) in [6.45, 7) is 5.13. The molecule has 156 valence electrons. The molecule has 2 aliphatic rings. The molecular formula is C22H26ClF2N3O. The van der Waals surface area contributed by atoms with E-state index < -0.39 is 11.6 Å². The van der Waals surface area contributed by atoms with Crippen LogP contribution in [0.15, 0.2) is 36.5 Å². The highest BCUT2D eigenvalue weighted by molar-refractivity contribution is 6.30. The van der Waals surface area contributed by atoms with Crippen LogP contribution < -0.4 is 4.90 Å². The third-order valence-corrected chi connectivity index (χ3v) is 6.17. The van der Waals surface area contributed by atoms with E-state index in [1.807, 2.05) is 17.0 Å². The summed E-state index contributed by atoms with van der Waals surface area (Å²) in [5, 5.41) is 0.744. The maximum Gasteiger partial charge on any atom is 0.168 e. The molecule has 1 aromatic carbocycles. The Bertz CT molecular complexity index is 827. The minimum absolute atomic E-state index is 0.200. The van der Waals surface area contributed by atoms with Gasteiger partial charge in [0, 0.05) is 42.8 Å². The van der Waals surface area contributed by atoms with Gasteiger partial charge in [0.2, 0.25) is 0 Å². The number of ether oxygens (including phenoxy) is 1. The van der Waals surface area contributed by atoms with E-state index in [4.69, 9.17) is 16.3 Å². The van der Waals surface area contributed by atoms with Crippen LogP contribution in [0.3, 0.4) is 0 Å². The van der Waals surface area contributed by atoms with Crippen LogP contribution in [0.25, 0.3) is 0 Å². The van der Waals surface area contributed by atoms with Crippen molar-refractivity contribution in [3.05, 3.63) is 58.7 Å². The van der Waals surface area contributed by atoms with E-state index in [1.165, 1.54) is 5.56 Å². The molecule has 2 aromatic rings. The second-order valence-electron chi connectivity index (χ2n) is 8.00. The van der Waals surface area contributed by atoms with Crippen molar-refractivity contribution >= 4 is 17.4 Å². The molecule has 0 radical (unpaired) electrons. The molecule has 2 aliphatic heterocycles. The molecule has 1 aromatic heterocycles. The standard InChI is InChI=1S/C22H26ClF2N3O/c1-15-13-28(20(14-29-15)10-16-2-4-17(23)5-3-16)19-6-8-27(9-7-19)22-21(25)11-18(24)12-26-22/h2-5,11-12,15,19-20H,6-10,13-14H2,1H3/t15-,20-/m0/s1. The van der Waals surface area contributed by atoms with E-state index in [9.17, 15) is 8.78 Å². The van der Waals surface area contributed by atoms with Crippen LogP contribution in [-0.2, 0) is 11.2 Å². The second-order valence-corrected chi connectivity index (χ2v) is 8.44. The van der Waals surface area contributed by atoms with E-state index in [0.717, 1.165) is 43.1 Å². The quantitative estimate of drug-likeness (QED) is 0.735. The fraction of sp³-hybridized carbons (Fsp3) is 0.500. The van der Waals surface area contributed by atoms with Crippen LogP contribution in [0.1, 0.15) is 25.3 Å². The third-order valence-electron chi connectivity index (χ3n) is 5.92. The van der Waals surface area contributed by atoms with Gasteiger partial charge in [-0.2, -0.15) is 0 Å². The van der Waals surface area contributed by atoms with Crippen LogP contribution in [0.4, 0.5) is 14.6 Å². The second kappa shape index (κ2) is 8.94. The molecule has 3 heterocycles. The first kappa shape index (κ1) is 20.5. The van der Waals surface area contributed by atoms with Gasteiger partial charge in [0.15, 0.2) is 11.6 Å². The molecule has 0 saturated carbocycles. The molecule has 0 spiro atoms. The van der Waals surface area contributed by atoms with E-state index in [2.05, 4.69) is 28.9 Å². The van der Waals surface area contributed by atoms with Gasteiger partial charge >= 0.3 is 0 Å². The maximum atomic E-state index is 14.1. The Morgan fingerprint density at radius 2 is 1.90 bits per heavy atom. The average molecular weight is 422 g/mol. The van der Waals surface area contributed by atoms with Crippen LogP contribution in [0.2, 0.25) is 5.02 Å². The van der Waals surface area contributed by atoms with Gasteiger partial charge in [0.05, 0.1) is 18.9 Å². The normalized spacial score (nSPS) is 24.1. The molecule has 0 N–H and O–H groups in total. The highest BCUT2D eigenvalue weighted by Crippen LogP contribution is 2.28. The van der Waals surface area contributed by atoms with Crippen molar-refractivity contribution < 1.29 is 13.5 Å². The number of hydrogen-bond acceptors (Lipinski definition) is 4. The Balaban J connectivity index is 1.42. The van der Waals surface area contributed by atoms with Gasteiger partial charge in [-0.1, -0.05) is 23.7 Å². The number of aromatic nitrogens is 1. The van der Waals surface area contributed by atoms with E-state index >= 15 is 0 Å². The first-order valence-corrected chi connectivity index (χ1v) is 10.5. The van der Waals surface area contributed by atoms with Crippen molar-refractivity contribution in [3.8, 4) is 0 Å². The first-order chi connectivity index (χ1) is 14.0. The number of anilines is 1. The van der Waals surface area contributed by atoms with E-state index in [1.54, 1.807) is 0 Å². The van der Waals surface area contributed by atoms with Crippen LogP contribution in [0.5, 0.6) is 0 Å². The Morgan fingerprint density at radius 1 is 1.17 bits per heavy atom. The lowest BCUT2D eigenvalue weighted by Gasteiger charge is -2.46. The summed E-state index contributed by atoms with van der Waals surface area (Å²) in [5.74, 6) is -0.990. The SMILES string of the molecule is C[C@H]1CN(C2CCN(c3ncc(F)cc3F)CC2)[C@@H](Cc2ccc(Cl)cc2)CO1. The van der Waals surface area contributed by atoms with Gasteiger partial charge in [0.1, 0.15) is 5.82 Å². The Kier molecular flexibility index (Phi) is 6.32. The monoisotopic (exact) mass is 421 g/mol. The van der Waals surface area contributed by atoms with Crippen molar-refractivity contribution in [1.82, 2.24) is 9.88 Å². The molecule has 4 nitrogen and oxygen atoms in total. The lowest BCUT2D eigenvalue weighted by molar-refractivity contribution is -0.0745. The highest BCUT2D eigenvalue weighted by atomic mass is 35.5. The Hall–Kier alpha value is -1.76. The summed E-state index contributed by atoms with van der Waals surface area (Å²) < 4.78 is 33.2. The minimum Gasteiger partial charge on any atom is -0.376 e. The Morgan fingerprint density at radius 3 is 2.59 bits per heavy atom. The molecule has 2 fully saturated rings. The Labute approximate surface area is 175 Å². The number of halogens is 3. The topological polar surface area (TPSA) is 28.6 Å². The van der Waals surface area contributed by atoms with Crippen molar-refractivity contribution in [1.29, 1.82) is 0 Å². The maximum absolute atomic E-state index is 14.1. The molecule has 2 saturated heterocycles. The molecule has 4 rings (SSSR count). The van der Waals surface area contributed by atoms with Gasteiger partial charge < -0.3 is 9.64 Å². The van der Waals surface area contributed by atoms with E-state index in [0.29, 0.717) is 31.8 Å². The molecule has 0 bridgehead atoms. The number of hydrogen-bond donors (Lipinski definition) is 0. The summed E-state index contributed by atoms with van der Waals surface area (Å²) in [6.07, 6.45) is 4.03. The molecule has 0 aliphatic carbocycles. The lowest BCUT2D eigenvalue weighted by Crippen LogP contribution is -2.56. The molecule has 0 amide bonds. The predicted octanol–water partition coefficient (Wildman–Crippen LogP) is 4.31. The number of benzene rings is 1. The number of morpholine rings is 1. The summed E-state index contributed by atoms with van der Waals surface area (Å²) >= 11 is 6.02. The zero-order valence-electron chi connectivity index (χ0n) is 16.5. The largest absolute Gasteiger partial charge is 0.376 e. The summed E-state index contributed by atoms with van der Waals surface area (Å²) in [4.78, 5) is 8.44. The van der Waals surface area contributed by atoms with Gasteiger partial charge in [-0.25, -0.2) is 13.8 Å². The molecule has 2 atom stereocenters. The number of pyridine rings is 1. The molecule has 0 unspecified atom stereocenters. The smallest absolute Gasteiger partial charge is 0.168 e. The van der Waals surface area contributed by atoms with Gasteiger partial charge in [-0.15, -0.1) is 0 Å². The number of nitrogens with zero attached hydrogens (tertiary/aromatic N) is 3. The van der Waals surface area contributed by atoms with Gasteiger partial charge in [0.25, 0.3) is 0 Å². The first-order valence-electron chi connectivity index (χ1n) is 10.2.